The number of unbranched alkanes of at least 4 members (excludes halogenated alkanes) is 12. The number of carbonyl (C=O) groups is 2. The number of nitrogens with zero attached hydrogens (tertiary/aromatic N) is 2. The van der Waals surface area contributed by atoms with Crippen LogP contribution in [-0.4, -0.2) is 23.8 Å². The van der Waals surface area contributed by atoms with Gasteiger partial charge in [0.2, 0.25) is 0 Å². The molecule has 1 unspecified atom stereocenters. The highest BCUT2D eigenvalue weighted by molar-refractivity contribution is 6.42. The molecule has 3 rings (SSSR count). The first-order valence-corrected chi connectivity index (χ1v) is 17.1. The molecule has 1 aliphatic heterocycles. The first-order valence-electron chi connectivity index (χ1n) is 15.9. The number of hydrogen-bond acceptors (Lipinski definition) is 4. The summed E-state index contributed by atoms with van der Waals surface area (Å²) in [4.78, 5) is 25.7. The summed E-state index contributed by atoms with van der Waals surface area (Å²) >= 11 is 18.5. The van der Waals surface area contributed by atoms with Gasteiger partial charge in [-0.25, -0.2) is 0 Å². The maximum Gasteiger partial charge on any atom is 0.266 e. The Morgan fingerprint density at radius 1 is 0.884 bits per heavy atom. The molecule has 1 aliphatic rings. The third kappa shape index (κ3) is 12.0. The Morgan fingerprint density at radius 2 is 1.47 bits per heavy atom. The van der Waals surface area contributed by atoms with Crippen LogP contribution in [0.25, 0.3) is 0 Å². The molecule has 0 radical (unpaired) electrons. The second-order valence-corrected chi connectivity index (χ2v) is 12.5. The van der Waals surface area contributed by atoms with Gasteiger partial charge in [-0.15, -0.1) is 0 Å². The number of hydrogen-bond donors (Lipinski definition) is 1. The van der Waals surface area contributed by atoms with E-state index >= 15 is 0 Å². The standard InChI is InChI=1S/C34H46Cl3N3O3/c1-3-5-6-7-8-9-10-11-12-13-14-15-16-18-25-19-17-20-27(21-25)43-30(4-2)34(42)38-31-24-32(41)40(39-31)33-28(36)22-26(35)23-29(33)37/h17,19-23,30H,3-16,18,24H2,1-2H3,(H,38,39,42). The van der Waals surface area contributed by atoms with E-state index in [1.807, 2.05) is 25.1 Å². The van der Waals surface area contributed by atoms with Gasteiger partial charge in [-0.2, -0.15) is 10.1 Å². The minimum Gasteiger partial charge on any atom is -0.481 e. The molecule has 0 fully saturated rings. The van der Waals surface area contributed by atoms with Crippen LogP contribution >= 0.6 is 34.8 Å². The van der Waals surface area contributed by atoms with Crippen molar-refractivity contribution in [3.05, 3.63) is 57.0 Å². The molecule has 2 aromatic rings. The normalized spacial score (nSPS) is 13.7. The molecule has 6 nitrogen and oxygen atoms in total. The molecule has 236 valence electrons. The highest BCUT2D eigenvalue weighted by Gasteiger charge is 2.31. The van der Waals surface area contributed by atoms with Gasteiger partial charge in [0.25, 0.3) is 11.8 Å². The number of carbonyl (C=O) groups excluding carboxylic acids is 2. The van der Waals surface area contributed by atoms with Crippen molar-refractivity contribution in [1.29, 1.82) is 0 Å². The number of halogens is 3. The molecule has 1 N–H and O–H groups in total. The molecule has 0 saturated heterocycles. The van der Waals surface area contributed by atoms with Crippen LogP contribution in [-0.2, 0) is 16.0 Å². The molecule has 0 bridgehead atoms. The zero-order valence-corrected chi connectivity index (χ0v) is 27.9. The lowest BCUT2D eigenvalue weighted by Crippen LogP contribution is -2.41. The van der Waals surface area contributed by atoms with Gasteiger partial charge >= 0.3 is 0 Å². The highest BCUT2D eigenvalue weighted by Crippen LogP contribution is 2.38. The van der Waals surface area contributed by atoms with Gasteiger partial charge in [-0.05, 0) is 49.1 Å². The van der Waals surface area contributed by atoms with Crippen LogP contribution in [0.4, 0.5) is 5.69 Å². The Hall–Kier alpha value is -2.28. The number of ether oxygens (including phenoxy) is 1. The number of hydrazone groups is 1. The summed E-state index contributed by atoms with van der Waals surface area (Å²) in [6.07, 6.45) is 18.0. The second-order valence-electron chi connectivity index (χ2n) is 11.3. The molecule has 2 amide bonds. The fourth-order valence-electron chi connectivity index (χ4n) is 5.24. The third-order valence-corrected chi connectivity index (χ3v) is 8.44. The minimum atomic E-state index is -0.735. The molecule has 0 aromatic heterocycles. The fraction of sp³-hybridized carbons (Fsp3) is 0.559. The summed E-state index contributed by atoms with van der Waals surface area (Å²) in [6.45, 7) is 4.15. The third-order valence-electron chi connectivity index (χ3n) is 7.65. The molecule has 2 aromatic carbocycles. The molecule has 0 aliphatic carbocycles. The largest absolute Gasteiger partial charge is 0.481 e. The van der Waals surface area contributed by atoms with E-state index in [9.17, 15) is 9.59 Å². The first kappa shape index (κ1) is 35.2. The molecular formula is C34H46Cl3N3O3. The van der Waals surface area contributed by atoms with Crippen molar-refractivity contribution in [2.45, 2.75) is 123 Å². The lowest BCUT2D eigenvalue weighted by Gasteiger charge is -2.17. The smallest absolute Gasteiger partial charge is 0.266 e. The fourth-order valence-corrected chi connectivity index (χ4v) is 6.22. The van der Waals surface area contributed by atoms with E-state index in [1.54, 1.807) is 0 Å². The van der Waals surface area contributed by atoms with Crippen LogP contribution < -0.4 is 15.1 Å². The van der Waals surface area contributed by atoms with Crippen molar-refractivity contribution in [3.63, 3.8) is 0 Å². The van der Waals surface area contributed by atoms with E-state index in [0.717, 1.165) is 17.9 Å². The van der Waals surface area contributed by atoms with Gasteiger partial charge < -0.3 is 10.1 Å². The Labute approximate surface area is 272 Å². The van der Waals surface area contributed by atoms with Gasteiger partial charge in [0.05, 0.1) is 16.5 Å². The van der Waals surface area contributed by atoms with Gasteiger partial charge in [0, 0.05) is 5.02 Å². The van der Waals surface area contributed by atoms with Crippen LogP contribution in [0.2, 0.25) is 15.1 Å². The number of aryl methyl sites for hydroxylation is 1. The molecule has 1 atom stereocenters. The topological polar surface area (TPSA) is 71.0 Å². The summed E-state index contributed by atoms with van der Waals surface area (Å²) in [5.41, 5.74) is 1.43. The lowest BCUT2D eigenvalue weighted by atomic mass is 10.0. The number of amides is 2. The lowest BCUT2D eigenvalue weighted by molar-refractivity contribution is -0.126. The maximum absolute atomic E-state index is 13.0. The monoisotopic (exact) mass is 649 g/mol. The molecule has 1 heterocycles. The van der Waals surface area contributed by atoms with E-state index in [2.05, 4.69) is 23.4 Å². The van der Waals surface area contributed by atoms with Gasteiger partial charge in [-0.1, -0.05) is 138 Å². The van der Waals surface area contributed by atoms with Crippen molar-refractivity contribution in [2.75, 3.05) is 5.01 Å². The summed E-state index contributed by atoms with van der Waals surface area (Å²) in [5.74, 6) is 0.123. The Morgan fingerprint density at radius 3 is 2.05 bits per heavy atom. The summed E-state index contributed by atoms with van der Waals surface area (Å²) in [5, 5.41) is 8.81. The van der Waals surface area contributed by atoms with Crippen LogP contribution in [0.5, 0.6) is 5.75 Å². The average molecular weight is 651 g/mol. The second kappa shape index (κ2) is 19.2. The first-order chi connectivity index (χ1) is 20.8. The van der Waals surface area contributed by atoms with E-state index in [-0.39, 0.29) is 39.8 Å². The SMILES string of the molecule is CCCCCCCCCCCCCCCc1cccc(OC(CC)C(=O)NC2=NN(c3c(Cl)cc(Cl)cc3Cl)C(=O)C2)c1. The molecule has 0 spiro atoms. The van der Waals surface area contributed by atoms with Crippen LogP contribution in [0, 0.1) is 0 Å². The number of amidine groups is 1. The van der Waals surface area contributed by atoms with E-state index in [4.69, 9.17) is 39.5 Å². The number of benzene rings is 2. The van der Waals surface area contributed by atoms with Crippen molar-refractivity contribution in [3.8, 4) is 5.75 Å². The van der Waals surface area contributed by atoms with E-state index in [0.29, 0.717) is 17.2 Å². The quantitative estimate of drug-likeness (QED) is 0.154. The van der Waals surface area contributed by atoms with Crippen LogP contribution in [0.15, 0.2) is 41.5 Å². The van der Waals surface area contributed by atoms with E-state index < -0.39 is 6.10 Å². The molecular weight excluding hydrogens is 605 g/mol. The van der Waals surface area contributed by atoms with Crippen molar-refractivity contribution < 1.29 is 14.3 Å². The number of rotatable bonds is 19. The number of anilines is 1. The molecule has 9 heteroatoms. The zero-order chi connectivity index (χ0) is 31.0. The van der Waals surface area contributed by atoms with Crippen LogP contribution in [0.3, 0.4) is 0 Å². The Balaban J connectivity index is 1.39. The summed E-state index contributed by atoms with van der Waals surface area (Å²) < 4.78 is 6.06. The Kier molecular flexibility index (Phi) is 15.7. The van der Waals surface area contributed by atoms with Crippen molar-refractivity contribution >= 4 is 58.1 Å². The van der Waals surface area contributed by atoms with Crippen molar-refractivity contribution in [2.24, 2.45) is 5.10 Å². The predicted molar refractivity (Wildman–Crippen MR) is 180 cm³/mol. The van der Waals surface area contributed by atoms with Gasteiger partial charge in [0.1, 0.15) is 17.3 Å². The number of nitrogens with one attached hydrogen (secondary N) is 1. The Bertz CT molecular complexity index is 1200. The average Bonchev–Trinajstić information content (AvgIpc) is 3.32. The predicted octanol–water partition coefficient (Wildman–Crippen LogP) is 10.3. The van der Waals surface area contributed by atoms with Gasteiger partial charge in [-0.3, -0.25) is 9.59 Å². The highest BCUT2D eigenvalue weighted by atomic mass is 35.5. The summed E-state index contributed by atoms with van der Waals surface area (Å²) in [7, 11) is 0. The van der Waals surface area contributed by atoms with Crippen LogP contribution in [0.1, 0.15) is 116 Å². The molecule has 0 saturated carbocycles. The summed E-state index contributed by atoms with van der Waals surface area (Å²) in [6, 6.07) is 10.9. The maximum atomic E-state index is 13.0. The van der Waals surface area contributed by atoms with Crippen molar-refractivity contribution in [1.82, 2.24) is 5.32 Å². The minimum absolute atomic E-state index is 0.0912. The van der Waals surface area contributed by atoms with E-state index in [1.165, 1.54) is 94.7 Å². The zero-order valence-electron chi connectivity index (χ0n) is 25.6. The van der Waals surface area contributed by atoms with Gasteiger partial charge in [0.15, 0.2) is 6.10 Å². The molecule has 43 heavy (non-hydrogen) atoms.